The Labute approximate surface area is 104 Å². The van der Waals surface area contributed by atoms with E-state index in [-0.39, 0.29) is 5.82 Å². The second kappa shape index (κ2) is 5.13. The van der Waals surface area contributed by atoms with E-state index in [1.54, 1.807) is 6.20 Å². The van der Waals surface area contributed by atoms with Gasteiger partial charge in [0, 0.05) is 23.3 Å². The molecule has 0 spiro atoms. The minimum Gasteiger partial charge on any atom is -0.351 e. The molecule has 1 saturated carbocycles. The molecule has 2 nitrogen and oxygen atoms in total. The zero-order chi connectivity index (χ0) is 11.5. The average Bonchev–Trinajstić information content (AvgIpc) is 2.75. The topological polar surface area (TPSA) is 16.1 Å². The summed E-state index contributed by atoms with van der Waals surface area (Å²) in [6.45, 7) is 2.87. The highest BCUT2D eigenvalue weighted by atomic mass is 79.9. The Hall–Kier alpha value is -0.640. The fourth-order valence-electron chi connectivity index (χ4n) is 2.42. The molecule has 0 unspecified atom stereocenters. The molecular weight excluding hydrogens is 271 g/mol. The molecule has 0 aromatic carbocycles. The average molecular weight is 287 g/mol. The number of pyridine rings is 1. The quantitative estimate of drug-likeness (QED) is 0.841. The summed E-state index contributed by atoms with van der Waals surface area (Å²) in [7, 11) is 0. The van der Waals surface area contributed by atoms with Crippen LogP contribution in [0.3, 0.4) is 0 Å². The van der Waals surface area contributed by atoms with Gasteiger partial charge in [-0.3, -0.25) is 0 Å². The first-order valence-corrected chi connectivity index (χ1v) is 6.59. The standard InChI is InChI=1S/C12H16BrFN2/c1-2-16(10-5-3-4-6-10)12-11(14)7-9(13)8-15-12/h7-8,10H,2-6H2,1H3. The van der Waals surface area contributed by atoms with Crippen LogP contribution in [0.25, 0.3) is 0 Å². The second-order valence-electron chi connectivity index (χ2n) is 4.18. The van der Waals surface area contributed by atoms with Crippen LogP contribution in [0.2, 0.25) is 0 Å². The molecule has 0 aliphatic heterocycles. The molecule has 88 valence electrons. The van der Waals surface area contributed by atoms with Gasteiger partial charge in [-0.05, 0) is 41.8 Å². The Bertz CT molecular complexity index is 364. The predicted octanol–water partition coefficient (Wildman–Crippen LogP) is 3.75. The summed E-state index contributed by atoms with van der Waals surface area (Å²) in [5, 5.41) is 0. The Morgan fingerprint density at radius 3 is 2.75 bits per heavy atom. The maximum Gasteiger partial charge on any atom is 0.166 e. The summed E-state index contributed by atoms with van der Waals surface area (Å²) in [5.41, 5.74) is 0. The number of hydrogen-bond acceptors (Lipinski definition) is 2. The first kappa shape index (κ1) is 11.8. The van der Waals surface area contributed by atoms with Crippen molar-refractivity contribution in [1.29, 1.82) is 0 Å². The van der Waals surface area contributed by atoms with E-state index in [0.29, 0.717) is 16.3 Å². The maximum absolute atomic E-state index is 13.8. The van der Waals surface area contributed by atoms with Gasteiger partial charge in [0.2, 0.25) is 0 Å². The van der Waals surface area contributed by atoms with E-state index in [1.165, 1.54) is 18.9 Å². The highest BCUT2D eigenvalue weighted by molar-refractivity contribution is 9.10. The van der Waals surface area contributed by atoms with Crippen LogP contribution in [0, 0.1) is 5.82 Å². The van der Waals surface area contributed by atoms with Crippen LogP contribution in [0.5, 0.6) is 0 Å². The molecule has 0 amide bonds. The van der Waals surface area contributed by atoms with Gasteiger partial charge in [0.1, 0.15) is 0 Å². The van der Waals surface area contributed by atoms with Gasteiger partial charge < -0.3 is 4.90 Å². The number of nitrogens with zero attached hydrogens (tertiary/aromatic N) is 2. The Morgan fingerprint density at radius 2 is 2.19 bits per heavy atom. The van der Waals surface area contributed by atoms with E-state index in [9.17, 15) is 4.39 Å². The van der Waals surface area contributed by atoms with Gasteiger partial charge in [0.25, 0.3) is 0 Å². The third kappa shape index (κ3) is 2.37. The van der Waals surface area contributed by atoms with Crippen molar-refractivity contribution in [1.82, 2.24) is 4.98 Å². The smallest absolute Gasteiger partial charge is 0.166 e. The van der Waals surface area contributed by atoms with Crippen LogP contribution in [-0.2, 0) is 0 Å². The van der Waals surface area contributed by atoms with Crippen molar-refractivity contribution < 1.29 is 4.39 Å². The van der Waals surface area contributed by atoms with Crippen LogP contribution in [-0.4, -0.2) is 17.6 Å². The largest absolute Gasteiger partial charge is 0.351 e. The predicted molar refractivity (Wildman–Crippen MR) is 67.2 cm³/mol. The van der Waals surface area contributed by atoms with Gasteiger partial charge in [-0.15, -0.1) is 0 Å². The normalized spacial score (nSPS) is 16.7. The van der Waals surface area contributed by atoms with E-state index >= 15 is 0 Å². The molecule has 0 radical (unpaired) electrons. The van der Waals surface area contributed by atoms with Gasteiger partial charge in [-0.25, -0.2) is 9.37 Å². The van der Waals surface area contributed by atoms with Crippen molar-refractivity contribution in [2.24, 2.45) is 0 Å². The van der Waals surface area contributed by atoms with Gasteiger partial charge >= 0.3 is 0 Å². The van der Waals surface area contributed by atoms with Crippen molar-refractivity contribution in [2.45, 2.75) is 38.6 Å². The molecule has 0 saturated heterocycles. The van der Waals surface area contributed by atoms with Crippen LogP contribution < -0.4 is 4.90 Å². The lowest BCUT2D eigenvalue weighted by Crippen LogP contribution is -2.34. The highest BCUT2D eigenvalue weighted by Crippen LogP contribution is 2.29. The summed E-state index contributed by atoms with van der Waals surface area (Å²) in [5.74, 6) is 0.265. The van der Waals surface area contributed by atoms with Crippen LogP contribution in [0.1, 0.15) is 32.6 Å². The molecule has 1 heterocycles. The van der Waals surface area contributed by atoms with Crippen molar-refractivity contribution >= 4 is 21.7 Å². The van der Waals surface area contributed by atoms with Crippen molar-refractivity contribution in [2.75, 3.05) is 11.4 Å². The van der Waals surface area contributed by atoms with Gasteiger partial charge in [-0.1, -0.05) is 12.8 Å². The van der Waals surface area contributed by atoms with Crippen molar-refractivity contribution in [3.63, 3.8) is 0 Å². The minimum atomic E-state index is -0.233. The Morgan fingerprint density at radius 1 is 1.50 bits per heavy atom. The minimum absolute atomic E-state index is 0.233. The monoisotopic (exact) mass is 286 g/mol. The van der Waals surface area contributed by atoms with E-state index in [0.717, 1.165) is 19.4 Å². The summed E-state index contributed by atoms with van der Waals surface area (Å²) >= 11 is 3.23. The van der Waals surface area contributed by atoms with Crippen LogP contribution >= 0.6 is 15.9 Å². The molecular formula is C12H16BrFN2. The molecule has 0 N–H and O–H groups in total. The van der Waals surface area contributed by atoms with E-state index in [2.05, 4.69) is 32.7 Å². The summed E-state index contributed by atoms with van der Waals surface area (Å²) in [4.78, 5) is 6.29. The lowest BCUT2D eigenvalue weighted by atomic mass is 10.2. The first-order valence-electron chi connectivity index (χ1n) is 5.80. The third-order valence-electron chi connectivity index (χ3n) is 3.17. The summed E-state index contributed by atoms with van der Waals surface area (Å²) in [6, 6.07) is 1.95. The molecule has 16 heavy (non-hydrogen) atoms. The maximum atomic E-state index is 13.8. The molecule has 4 heteroatoms. The zero-order valence-corrected chi connectivity index (χ0v) is 11.0. The molecule has 0 atom stereocenters. The molecule has 1 aliphatic carbocycles. The third-order valence-corrected chi connectivity index (χ3v) is 3.60. The first-order chi connectivity index (χ1) is 7.72. The number of hydrogen-bond donors (Lipinski definition) is 0. The molecule has 1 aromatic rings. The highest BCUT2D eigenvalue weighted by Gasteiger charge is 2.24. The van der Waals surface area contributed by atoms with Gasteiger partial charge in [0.15, 0.2) is 11.6 Å². The van der Waals surface area contributed by atoms with Crippen LogP contribution in [0.15, 0.2) is 16.7 Å². The second-order valence-corrected chi connectivity index (χ2v) is 5.10. The molecule has 1 fully saturated rings. The number of anilines is 1. The Kier molecular flexibility index (Phi) is 3.79. The summed E-state index contributed by atoms with van der Waals surface area (Å²) in [6.07, 6.45) is 6.48. The van der Waals surface area contributed by atoms with Crippen LogP contribution in [0.4, 0.5) is 10.2 Å². The number of rotatable bonds is 3. The van der Waals surface area contributed by atoms with E-state index in [4.69, 9.17) is 0 Å². The zero-order valence-electron chi connectivity index (χ0n) is 9.42. The molecule has 2 rings (SSSR count). The van der Waals surface area contributed by atoms with Crippen molar-refractivity contribution in [3.8, 4) is 0 Å². The number of aromatic nitrogens is 1. The van der Waals surface area contributed by atoms with Crippen molar-refractivity contribution in [3.05, 3.63) is 22.6 Å². The number of halogens is 2. The molecule has 0 bridgehead atoms. The Balaban J connectivity index is 2.25. The molecule has 1 aromatic heterocycles. The van der Waals surface area contributed by atoms with Gasteiger partial charge in [0.05, 0.1) is 0 Å². The lowest BCUT2D eigenvalue weighted by Gasteiger charge is -2.28. The lowest BCUT2D eigenvalue weighted by molar-refractivity contribution is 0.568. The fourth-order valence-corrected chi connectivity index (χ4v) is 2.72. The van der Waals surface area contributed by atoms with Gasteiger partial charge in [-0.2, -0.15) is 0 Å². The van der Waals surface area contributed by atoms with E-state index in [1.807, 2.05) is 0 Å². The molecule has 1 aliphatic rings. The SMILES string of the molecule is CCN(c1ncc(Br)cc1F)C1CCCC1. The van der Waals surface area contributed by atoms with E-state index < -0.39 is 0 Å². The fraction of sp³-hybridized carbons (Fsp3) is 0.583. The summed E-state index contributed by atoms with van der Waals surface area (Å²) < 4.78 is 14.5.